The summed E-state index contributed by atoms with van der Waals surface area (Å²) >= 11 is 0. The van der Waals surface area contributed by atoms with Crippen molar-refractivity contribution < 1.29 is 22.7 Å². The van der Waals surface area contributed by atoms with E-state index in [1.54, 1.807) is 12.1 Å². The second kappa shape index (κ2) is 4.25. The van der Waals surface area contributed by atoms with Crippen LogP contribution in [0.25, 0.3) is 22.3 Å². The van der Waals surface area contributed by atoms with Crippen LogP contribution >= 0.6 is 0 Å². The maximum atomic E-state index is 12.5. The van der Waals surface area contributed by atoms with Gasteiger partial charge in [-0.1, -0.05) is 0 Å². The summed E-state index contributed by atoms with van der Waals surface area (Å²) in [4.78, 5) is 27.6. The first kappa shape index (κ1) is 13.6. The van der Waals surface area contributed by atoms with Gasteiger partial charge in [-0.05, 0) is 24.3 Å². The molecule has 0 atom stereocenters. The van der Waals surface area contributed by atoms with Gasteiger partial charge in [0.25, 0.3) is 5.91 Å². The second-order valence-electron chi connectivity index (χ2n) is 5.03. The fraction of sp³-hybridized carbons (Fsp3) is 0.0667. The SMILES string of the molecule is O=C1c2c([nH]c3cc(OC(F)(F)F)ccc3c2=O)-c2cccn21. The molecule has 1 aliphatic rings. The molecule has 1 aliphatic heterocycles. The summed E-state index contributed by atoms with van der Waals surface area (Å²) in [5.41, 5.74) is 0.407. The zero-order chi connectivity index (χ0) is 16.4. The lowest BCUT2D eigenvalue weighted by Gasteiger charge is -2.10. The maximum Gasteiger partial charge on any atom is 0.573 e. The van der Waals surface area contributed by atoms with Gasteiger partial charge in [-0.15, -0.1) is 13.2 Å². The molecule has 0 unspecified atom stereocenters. The average Bonchev–Trinajstić information content (AvgIpc) is 3.01. The van der Waals surface area contributed by atoms with Gasteiger partial charge in [0.1, 0.15) is 11.3 Å². The molecule has 1 N–H and O–H groups in total. The molecule has 0 spiro atoms. The summed E-state index contributed by atoms with van der Waals surface area (Å²) in [6.45, 7) is 0. The quantitative estimate of drug-likeness (QED) is 0.586. The van der Waals surface area contributed by atoms with Gasteiger partial charge in [-0.3, -0.25) is 14.2 Å². The van der Waals surface area contributed by atoms with Crippen molar-refractivity contribution in [3.05, 3.63) is 52.3 Å². The second-order valence-corrected chi connectivity index (χ2v) is 5.03. The molecule has 0 bridgehead atoms. The van der Waals surface area contributed by atoms with Gasteiger partial charge in [-0.2, -0.15) is 0 Å². The summed E-state index contributed by atoms with van der Waals surface area (Å²) in [6.07, 6.45) is -3.30. The zero-order valence-corrected chi connectivity index (χ0v) is 11.3. The third kappa shape index (κ3) is 1.95. The highest BCUT2D eigenvalue weighted by molar-refractivity contribution is 6.10. The van der Waals surface area contributed by atoms with Crippen molar-refractivity contribution in [3.63, 3.8) is 0 Å². The van der Waals surface area contributed by atoms with Crippen LogP contribution in [0.4, 0.5) is 13.2 Å². The minimum absolute atomic E-state index is 0.0161. The van der Waals surface area contributed by atoms with E-state index in [0.717, 1.165) is 12.1 Å². The van der Waals surface area contributed by atoms with Crippen LogP contribution in [0.5, 0.6) is 5.75 Å². The molecule has 0 radical (unpaired) electrons. The highest BCUT2D eigenvalue weighted by Gasteiger charge is 2.32. The lowest BCUT2D eigenvalue weighted by Crippen LogP contribution is -2.18. The Balaban J connectivity index is 1.97. The van der Waals surface area contributed by atoms with E-state index in [2.05, 4.69) is 9.72 Å². The first-order chi connectivity index (χ1) is 10.8. The zero-order valence-electron chi connectivity index (χ0n) is 11.3. The van der Waals surface area contributed by atoms with Gasteiger partial charge in [0.2, 0.25) is 5.43 Å². The average molecular weight is 320 g/mol. The number of aromatic nitrogens is 2. The van der Waals surface area contributed by atoms with Crippen LogP contribution in [0.1, 0.15) is 10.4 Å². The van der Waals surface area contributed by atoms with E-state index in [4.69, 9.17) is 0 Å². The number of rotatable bonds is 1. The number of halogens is 3. The van der Waals surface area contributed by atoms with Crippen molar-refractivity contribution in [3.8, 4) is 17.1 Å². The van der Waals surface area contributed by atoms with Gasteiger partial charge < -0.3 is 9.72 Å². The molecule has 1 aromatic carbocycles. The van der Waals surface area contributed by atoms with Crippen molar-refractivity contribution in [1.29, 1.82) is 0 Å². The van der Waals surface area contributed by atoms with Crippen LogP contribution in [0.2, 0.25) is 0 Å². The molecule has 3 aromatic rings. The van der Waals surface area contributed by atoms with Crippen molar-refractivity contribution in [2.75, 3.05) is 0 Å². The minimum atomic E-state index is -4.82. The molecule has 2 aromatic heterocycles. The highest BCUT2D eigenvalue weighted by atomic mass is 19.4. The van der Waals surface area contributed by atoms with Crippen molar-refractivity contribution >= 4 is 16.8 Å². The van der Waals surface area contributed by atoms with Crippen molar-refractivity contribution in [1.82, 2.24) is 9.55 Å². The molecule has 0 fully saturated rings. The Hall–Kier alpha value is -3.03. The van der Waals surface area contributed by atoms with Gasteiger partial charge in [-0.25, -0.2) is 0 Å². The van der Waals surface area contributed by atoms with Crippen LogP contribution < -0.4 is 10.2 Å². The minimum Gasteiger partial charge on any atom is -0.406 e. The normalized spacial score (nSPS) is 13.3. The summed E-state index contributed by atoms with van der Waals surface area (Å²) in [6, 6.07) is 6.61. The predicted octanol–water partition coefficient (Wildman–Crippen LogP) is 2.90. The Morgan fingerprint density at radius 1 is 1.13 bits per heavy atom. The Morgan fingerprint density at radius 2 is 1.91 bits per heavy atom. The molecule has 0 aliphatic carbocycles. The van der Waals surface area contributed by atoms with E-state index >= 15 is 0 Å². The Kier molecular flexibility index (Phi) is 2.52. The third-order valence-electron chi connectivity index (χ3n) is 3.64. The van der Waals surface area contributed by atoms with Crippen LogP contribution in [-0.4, -0.2) is 21.8 Å². The Bertz CT molecular complexity index is 1030. The molecule has 3 heterocycles. The number of carbonyl (C=O) groups excluding carboxylic acids is 1. The van der Waals surface area contributed by atoms with Gasteiger partial charge in [0.15, 0.2) is 0 Å². The molecule has 0 saturated heterocycles. The molecule has 4 rings (SSSR count). The number of fused-ring (bicyclic) bond motifs is 4. The van der Waals surface area contributed by atoms with E-state index in [0.29, 0.717) is 11.4 Å². The van der Waals surface area contributed by atoms with Crippen LogP contribution in [0, 0.1) is 0 Å². The number of carbonyl (C=O) groups is 1. The number of ether oxygens (including phenoxy) is 1. The topological polar surface area (TPSA) is 64.1 Å². The maximum absolute atomic E-state index is 12.5. The molecule has 0 amide bonds. The number of hydrogen-bond donors (Lipinski definition) is 1. The summed E-state index contributed by atoms with van der Waals surface area (Å²) in [7, 11) is 0. The van der Waals surface area contributed by atoms with Gasteiger partial charge in [0, 0.05) is 17.6 Å². The lowest BCUT2D eigenvalue weighted by molar-refractivity contribution is -0.274. The molecule has 0 saturated carbocycles. The number of alkyl halides is 3. The van der Waals surface area contributed by atoms with Gasteiger partial charge >= 0.3 is 6.36 Å². The monoisotopic (exact) mass is 320 g/mol. The number of aromatic amines is 1. The molecule has 8 heteroatoms. The van der Waals surface area contributed by atoms with E-state index in [1.807, 2.05) is 0 Å². The molecule has 23 heavy (non-hydrogen) atoms. The fourth-order valence-electron chi connectivity index (χ4n) is 2.75. The first-order valence-electron chi connectivity index (χ1n) is 6.53. The largest absolute Gasteiger partial charge is 0.573 e. The summed E-state index contributed by atoms with van der Waals surface area (Å²) < 4.78 is 42.1. The number of pyridine rings is 1. The van der Waals surface area contributed by atoms with E-state index in [1.165, 1.54) is 16.8 Å². The summed E-state index contributed by atoms with van der Waals surface area (Å²) in [5.74, 6) is -0.904. The Labute approximate surface area is 125 Å². The lowest BCUT2D eigenvalue weighted by atomic mass is 10.1. The number of nitrogens with zero attached hydrogens (tertiary/aromatic N) is 1. The predicted molar refractivity (Wildman–Crippen MR) is 74.4 cm³/mol. The van der Waals surface area contributed by atoms with E-state index in [-0.39, 0.29) is 16.5 Å². The van der Waals surface area contributed by atoms with Crippen molar-refractivity contribution in [2.24, 2.45) is 0 Å². The summed E-state index contributed by atoms with van der Waals surface area (Å²) in [5, 5.41) is 0.123. The fourth-order valence-corrected chi connectivity index (χ4v) is 2.75. The molecule has 116 valence electrons. The van der Waals surface area contributed by atoms with Gasteiger partial charge in [0.05, 0.1) is 16.9 Å². The van der Waals surface area contributed by atoms with E-state index in [9.17, 15) is 22.8 Å². The standard InChI is InChI=1S/C15H7F3N2O3/c16-15(17,18)23-7-3-4-8-9(6-7)19-12-10-2-1-5-20(10)14(22)11(12)13(8)21/h1-6H,(H,19,21). The number of hydrogen-bond acceptors (Lipinski definition) is 3. The van der Waals surface area contributed by atoms with Crippen LogP contribution in [-0.2, 0) is 0 Å². The first-order valence-corrected chi connectivity index (χ1v) is 6.53. The molecular weight excluding hydrogens is 313 g/mol. The highest BCUT2D eigenvalue weighted by Crippen LogP contribution is 2.31. The van der Waals surface area contributed by atoms with Crippen LogP contribution in [0.3, 0.4) is 0 Å². The van der Waals surface area contributed by atoms with Crippen molar-refractivity contribution in [2.45, 2.75) is 6.36 Å². The number of benzene rings is 1. The molecular formula is C15H7F3N2O3. The molecule has 5 nitrogen and oxygen atoms in total. The Morgan fingerprint density at radius 3 is 2.65 bits per heavy atom. The van der Waals surface area contributed by atoms with Crippen LogP contribution in [0.15, 0.2) is 41.3 Å². The number of nitrogens with one attached hydrogen (secondary N) is 1. The third-order valence-corrected chi connectivity index (χ3v) is 3.64. The van der Waals surface area contributed by atoms with E-state index < -0.39 is 23.4 Å². The number of H-pyrrole nitrogens is 1. The smallest absolute Gasteiger partial charge is 0.406 e.